The fourth-order valence-electron chi connectivity index (χ4n) is 7.18. The summed E-state index contributed by atoms with van der Waals surface area (Å²) < 4.78 is 13.0. The number of hydrogen-bond acceptors (Lipinski definition) is 4. The van der Waals surface area contributed by atoms with E-state index < -0.39 is 5.60 Å². The molecule has 2 aliphatic heterocycles. The van der Waals surface area contributed by atoms with Crippen LogP contribution in [0, 0.1) is 12.8 Å². The summed E-state index contributed by atoms with van der Waals surface area (Å²) in [6.07, 6.45) is 12.8. The number of rotatable bonds is 9. The lowest BCUT2D eigenvalue weighted by Gasteiger charge is -2.41. The number of ether oxygens (including phenoxy) is 2. The number of benzene rings is 3. The molecule has 40 heavy (non-hydrogen) atoms. The quantitative estimate of drug-likeness (QED) is 0.201. The van der Waals surface area contributed by atoms with E-state index in [9.17, 15) is 4.79 Å². The lowest BCUT2D eigenvalue weighted by Crippen LogP contribution is -2.40. The summed E-state index contributed by atoms with van der Waals surface area (Å²) in [6.45, 7) is 7.94. The summed E-state index contributed by atoms with van der Waals surface area (Å²) in [5, 5.41) is 0. The molecule has 0 aromatic heterocycles. The molecule has 6 rings (SSSR count). The van der Waals surface area contributed by atoms with Gasteiger partial charge in [0, 0.05) is 35.0 Å². The molecule has 1 fully saturated rings. The summed E-state index contributed by atoms with van der Waals surface area (Å²) >= 11 is 0. The first-order chi connectivity index (χ1) is 19.5. The molecule has 4 heteroatoms. The Balaban J connectivity index is 1.43. The van der Waals surface area contributed by atoms with Crippen molar-refractivity contribution in [1.29, 1.82) is 0 Å². The van der Waals surface area contributed by atoms with Gasteiger partial charge in [-0.3, -0.25) is 0 Å². The van der Waals surface area contributed by atoms with Gasteiger partial charge in [0.15, 0.2) is 5.60 Å². The minimum absolute atomic E-state index is 0.273. The maximum atomic E-state index is 13.3. The molecule has 0 radical (unpaired) electrons. The number of esters is 1. The van der Waals surface area contributed by atoms with Crippen LogP contribution in [0.3, 0.4) is 0 Å². The monoisotopic (exact) mass is 537 g/mol. The lowest BCUT2D eigenvalue weighted by molar-refractivity contribution is 0.0224. The minimum atomic E-state index is -1.01. The molecule has 1 unspecified atom stereocenters. The first kappa shape index (κ1) is 26.9. The van der Waals surface area contributed by atoms with Crippen molar-refractivity contribution in [3.05, 3.63) is 88.5 Å². The zero-order valence-electron chi connectivity index (χ0n) is 24.4. The van der Waals surface area contributed by atoms with Crippen molar-refractivity contribution < 1.29 is 14.3 Å². The highest BCUT2D eigenvalue weighted by molar-refractivity contribution is 5.97. The van der Waals surface area contributed by atoms with Gasteiger partial charge < -0.3 is 14.4 Å². The van der Waals surface area contributed by atoms with Gasteiger partial charge in [-0.2, -0.15) is 0 Å². The molecule has 1 spiro atoms. The van der Waals surface area contributed by atoms with Crippen molar-refractivity contribution in [1.82, 2.24) is 0 Å². The Bertz CT molecular complexity index is 1370. The van der Waals surface area contributed by atoms with Crippen LogP contribution in [0.15, 0.2) is 60.7 Å². The van der Waals surface area contributed by atoms with E-state index in [1.807, 2.05) is 48.5 Å². The topological polar surface area (TPSA) is 38.8 Å². The van der Waals surface area contributed by atoms with Crippen molar-refractivity contribution in [3.8, 4) is 11.5 Å². The smallest absolute Gasteiger partial charge is 0.340 e. The molecule has 1 saturated carbocycles. The summed E-state index contributed by atoms with van der Waals surface area (Å²) in [5.74, 6) is 2.06. The largest absolute Gasteiger partial charge is 0.456 e. The van der Waals surface area contributed by atoms with E-state index in [4.69, 9.17) is 9.47 Å². The van der Waals surface area contributed by atoms with E-state index in [0.717, 1.165) is 40.7 Å². The Hall–Kier alpha value is -3.27. The molecule has 4 nitrogen and oxygen atoms in total. The molecule has 210 valence electrons. The maximum absolute atomic E-state index is 13.3. The Morgan fingerprint density at radius 2 is 1.52 bits per heavy atom. The molecule has 0 saturated heterocycles. The summed E-state index contributed by atoms with van der Waals surface area (Å²) in [5.41, 5.74) is 4.84. The number of unbranched alkanes of at least 4 members (excludes halogenated alkanes) is 5. The summed E-state index contributed by atoms with van der Waals surface area (Å²) in [6, 6.07) is 20.9. The van der Waals surface area contributed by atoms with Crippen LogP contribution in [0.25, 0.3) is 0 Å². The molecular formula is C36H43NO3. The number of nitrogens with zero attached hydrogens (tertiary/aromatic N) is 1. The van der Waals surface area contributed by atoms with Gasteiger partial charge in [0.1, 0.15) is 11.5 Å². The molecular weight excluding hydrogens is 494 g/mol. The van der Waals surface area contributed by atoms with E-state index in [-0.39, 0.29) is 5.97 Å². The fourth-order valence-corrected chi connectivity index (χ4v) is 7.18. The Morgan fingerprint density at radius 3 is 2.33 bits per heavy atom. The maximum Gasteiger partial charge on any atom is 0.340 e. The van der Waals surface area contributed by atoms with E-state index >= 15 is 0 Å². The third-order valence-corrected chi connectivity index (χ3v) is 9.42. The van der Waals surface area contributed by atoms with E-state index in [1.165, 1.54) is 75.5 Å². The highest BCUT2D eigenvalue weighted by Crippen LogP contribution is 2.57. The molecule has 0 bridgehead atoms. The zero-order chi connectivity index (χ0) is 27.7. The SMILES string of the molecule is CCCCCCCCN(c1cc2c(cc1C)Oc1ccccc1C21OC(=O)c2ccccc21)C1CCC(C)CC1. The lowest BCUT2D eigenvalue weighted by atomic mass is 9.77. The third-order valence-electron chi connectivity index (χ3n) is 9.42. The molecule has 3 aromatic rings. The number of aryl methyl sites for hydroxylation is 1. The van der Waals surface area contributed by atoms with Crippen LogP contribution in [0.2, 0.25) is 0 Å². The second-order valence-corrected chi connectivity index (χ2v) is 12.2. The van der Waals surface area contributed by atoms with E-state index in [2.05, 4.69) is 37.8 Å². The fraction of sp³-hybridized carbons (Fsp3) is 0.472. The van der Waals surface area contributed by atoms with Gasteiger partial charge in [-0.25, -0.2) is 4.79 Å². The predicted octanol–water partition coefficient (Wildman–Crippen LogP) is 9.31. The van der Waals surface area contributed by atoms with Crippen LogP contribution in [-0.4, -0.2) is 18.6 Å². The Kier molecular flexibility index (Phi) is 7.61. The van der Waals surface area contributed by atoms with Crippen molar-refractivity contribution in [2.75, 3.05) is 11.4 Å². The average Bonchev–Trinajstić information content (AvgIpc) is 3.26. The number of carbonyl (C=O) groups is 1. The normalized spacial score (nSPS) is 22.7. The molecule has 1 aliphatic carbocycles. The van der Waals surface area contributed by atoms with Crippen molar-refractivity contribution in [2.24, 2.45) is 5.92 Å². The van der Waals surface area contributed by atoms with Crippen molar-refractivity contribution in [3.63, 3.8) is 0 Å². The van der Waals surface area contributed by atoms with Gasteiger partial charge in [0.25, 0.3) is 0 Å². The van der Waals surface area contributed by atoms with Crippen LogP contribution < -0.4 is 9.64 Å². The number of fused-ring (bicyclic) bond motifs is 6. The number of anilines is 1. The van der Waals surface area contributed by atoms with Crippen molar-refractivity contribution in [2.45, 2.75) is 96.6 Å². The highest BCUT2D eigenvalue weighted by atomic mass is 16.6. The molecule has 0 N–H and O–H groups in total. The zero-order valence-corrected chi connectivity index (χ0v) is 24.4. The van der Waals surface area contributed by atoms with Gasteiger partial charge in [0.05, 0.1) is 5.56 Å². The molecule has 3 aromatic carbocycles. The standard InChI is InChI=1S/C36H43NO3/c1-4-5-6-7-8-13-22-37(27-20-18-25(2)19-21-27)32-24-31-34(23-26(32)3)39-33-17-12-11-16-30(33)36(31)29-15-10-9-14-28(29)35(38)40-36/h9-12,14-17,23-25,27H,4-8,13,18-22H2,1-3H3. The van der Waals surface area contributed by atoms with Crippen LogP contribution in [0.1, 0.15) is 111 Å². The first-order valence-electron chi connectivity index (χ1n) is 15.5. The highest BCUT2D eigenvalue weighted by Gasteiger charge is 2.53. The van der Waals surface area contributed by atoms with Gasteiger partial charge in [-0.05, 0) is 74.8 Å². The third kappa shape index (κ3) is 4.70. The van der Waals surface area contributed by atoms with Gasteiger partial charge >= 0.3 is 5.97 Å². The number of carbonyl (C=O) groups excluding carboxylic acids is 1. The van der Waals surface area contributed by atoms with E-state index in [0.29, 0.717) is 11.6 Å². The number of para-hydroxylation sites is 1. The second-order valence-electron chi connectivity index (χ2n) is 12.2. The summed E-state index contributed by atoms with van der Waals surface area (Å²) in [7, 11) is 0. The van der Waals surface area contributed by atoms with Gasteiger partial charge in [-0.15, -0.1) is 0 Å². The van der Waals surface area contributed by atoms with E-state index in [1.54, 1.807) is 0 Å². The Labute approximate surface area is 239 Å². The van der Waals surface area contributed by atoms with Gasteiger partial charge in [0.2, 0.25) is 0 Å². The van der Waals surface area contributed by atoms with Gasteiger partial charge in [-0.1, -0.05) is 82.3 Å². The molecule has 3 aliphatic rings. The average molecular weight is 538 g/mol. The Morgan fingerprint density at radius 1 is 0.825 bits per heavy atom. The number of hydrogen-bond donors (Lipinski definition) is 0. The second kappa shape index (κ2) is 11.3. The van der Waals surface area contributed by atoms with Crippen molar-refractivity contribution >= 4 is 11.7 Å². The predicted molar refractivity (Wildman–Crippen MR) is 162 cm³/mol. The minimum Gasteiger partial charge on any atom is -0.456 e. The molecule has 2 heterocycles. The first-order valence-corrected chi connectivity index (χ1v) is 15.5. The summed E-state index contributed by atoms with van der Waals surface area (Å²) in [4.78, 5) is 16.0. The van der Waals surface area contributed by atoms with Crippen LogP contribution in [-0.2, 0) is 10.3 Å². The molecule has 1 atom stereocenters. The van der Waals surface area contributed by atoms with Crippen LogP contribution in [0.4, 0.5) is 5.69 Å². The molecule has 0 amide bonds. The van der Waals surface area contributed by atoms with Crippen LogP contribution in [0.5, 0.6) is 11.5 Å². The van der Waals surface area contributed by atoms with Crippen LogP contribution >= 0.6 is 0 Å².